The Labute approximate surface area is 103 Å². The molecule has 0 aliphatic heterocycles. The number of benzene rings is 2. The van der Waals surface area contributed by atoms with E-state index in [4.69, 9.17) is 4.74 Å². The standard InChI is InChI=1S/C14H11N3O/c1-18-9-6-7-11-13(8-9)17-12-5-3-2-4-10(12)15-14(17)16-11/h2-8H,1H3,(H,15,16). The Bertz CT molecular complexity index is 873. The fourth-order valence-electron chi connectivity index (χ4n) is 2.40. The van der Waals surface area contributed by atoms with Gasteiger partial charge in [0.25, 0.3) is 0 Å². The van der Waals surface area contributed by atoms with Gasteiger partial charge in [-0.3, -0.25) is 4.40 Å². The first-order chi connectivity index (χ1) is 8.86. The summed E-state index contributed by atoms with van der Waals surface area (Å²) >= 11 is 0. The van der Waals surface area contributed by atoms with Crippen LogP contribution in [0.5, 0.6) is 5.75 Å². The number of nitrogens with zero attached hydrogens (tertiary/aromatic N) is 2. The molecule has 88 valence electrons. The molecule has 4 rings (SSSR count). The second kappa shape index (κ2) is 3.26. The zero-order chi connectivity index (χ0) is 12.1. The van der Waals surface area contributed by atoms with Gasteiger partial charge in [0.2, 0.25) is 5.78 Å². The molecule has 0 spiro atoms. The lowest BCUT2D eigenvalue weighted by Crippen LogP contribution is -1.84. The number of aromatic amines is 1. The number of ether oxygens (including phenoxy) is 1. The summed E-state index contributed by atoms with van der Waals surface area (Å²) in [5.74, 6) is 1.70. The van der Waals surface area contributed by atoms with Gasteiger partial charge in [-0.1, -0.05) is 12.1 Å². The van der Waals surface area contributed by atoms with E-state index in [1.807, 2.05) is 30.3 Å². The molecule has 18 heavy (non-hydrogen) atoms. The van der Waals surface area contributed by atoms with E-state index in [0.717, 1.165) is 33.6 Å². The predicted molar refractivity (Wildman–Crippen MR) is 71.1 cm³/mol. The highest BCUT2D eigenvalue weighted by molar-refractivity contribution is 5.90. The second-order valence-corrected chi connectivity index (χ2v) is 4.27. The molecular formula is C14H11N3O. The maximum atomic E-state index is 5.28. The van der Waals surface area contributed by atoms with E-state index in [2.05, 4.69) is 26.5 Å². The highest BCUT2D eigenvalue weighted by Crippen LogP contribution is 2.25. The fourth-order valence-corrected chi connectivity index (χ4v) is 2.40. The minimum absolute atomic E-state index is 0.842. The van der Waals surface area contributed by atoms with Crippen molar-refractivity contribution in [3.63, 3.8) is 0 Å². The number of fused-ring (bicyclic) bond motifs is 5. The van der Waals surface area contributed by atoms with Gasteiger partial charge in [0.15, 0.2) is 0 Å². The van der Waals surface area contributed by atoms with Crippen LogP contribution in [0.2, 0.25) is 0 Å². The monoisotopic (exact) mass is 237 g/mol. The summed E-state index contributed by atoms with van der Waals surface area (Å²) in [5.41, 5.74) is 4.24. The minimum atomic E-state index is 0.842. The fraction of sp³-hybridized carbons (Fsp3) is 0.0714. The van der Waals surface area contributed by atoms with Crippen molar-refractivity contribution in [2.75, 3.05) is 7.11 Å². The molecule has 4 aromatic rings. The quantitative estimate of drug-likeness (QED) is 0.553. The molecule has 2 aromatic heterocycles. The second-order valence-electron chi connectivity index (χ2n) is 4.27. The average Bonchev–Trinajstić information content (AvgIpc) is 2.93. The number of imidazole rings is 2. The van der Waals surface area contributed by atoms with E-state index in [9.17, 15) is 0 Å². The predicted octanol–water partition coefficient (Wildman–Crippen LogP) is 2.98. The highest BCUT2D eigenvalue weighted by atomic mass is 16.5. The van der Waals surface area contributed by atoms with Gasteiger partial charge < -0.3 is 9.72 Å². The van der Waals surface area contributed by atoms with Crippen LogP contribution in [0.1, 0.15) is 0 Å². The first-order valence-electron chi connectivity index (χ1n) is 5.80. The molecule has 2 heterocycles. The van der Waals surface area contributed by atoms with Gasteiger partial charge in [-0.05, 0) is 24.3 Å². The van der Waals surface area contributed by atoms with Crippen molar-refractivity contribution in [1.82, 2.24) is 14.4 Å². The SMILES string of the molecule is COc1ccc2nc3[nH]c4ccccc4n3c2c1. The summed E-state index contributed by atoms with van der Waals surface area (Å²) in [6.07, 6.45) is 0. The third kappa shape index (κ3) is 1.12. The van der Waals surface area contributed by atoms with Gasteiger partial charge in [0.05, 0.1) is 29.2 Å². The maximum absolute atomic E-state index is 5.28. The Morgan fingerprint density at radius 3 is 2.89 bits per heavy atom. The number of hydrogen-bond acceptors (Lipinski definition) is 2. The molecule has 2 aromatic carbocycles. The number of hydrogen-bond donors (Lipinski definition) is 1. The van der Waals surface area contributed by atoms with Gasteiger partial charge >= 0.3 is 0 Å². The van der Waals surface area contributed by atoms with Crippen LogP contribution >= 0.6 is 0 Å². The average molecular weight is 237 g/mol. The van der Waals surface area contributed by atoms with Gasteiger partial charge in [-0.2, -0.15) is 0 Å². The van der Waals surface area contributed by atoms with Gasteiger partial charge in [0, 0.05) is 6.07 Å². The van der Waals surface area contributed by atoms with Crippen LogP contribution in [0, 0.1) is 0 Å². The van der Waals surface area contributed by atoms with Crippen molar-refractivity contribution >= 4 is 27.8 Å². The number of rotatable bonds is 1. The van der Waals surface area contributed by atoms with Crippen LogP contribution < -0.4 is 4.74 Å². The molecular weight excluding hydrogens is 226 g/mol. The number of H-pyrrole nitrogens is 1. The molecule has 0 fully saturated rings. The number of methoxy groups -OCH3 is 1. The lowest BCUT2D eigenvalue weighted by Gasteiger charge is -1.99. The van der Waals surface area contributed by atoms with Gasteiger partial charge in [0.1, 0.15) is 5.75 Å². The van der Waals surface area contributed by atoms with Crippen LogP contribution in [0.3, 0.4) is 0 Å². The van der Waals surface area contributed by atoms with E-state index >= 15 is 0 Å². The first-order valence-corrected chi connectivity index (χ1v) is 5.80. The molecule has 0 radical (unpaired) electrons. The summed E-state index contributed by atoms with van der Waals surface area (Å²) < 4.78 is 7.40. The van der Waals surface area contributed by atoms with Gasteiger partial charge in [-0.25, -0.2) is 4.98 Å². The van der Waals surface area contributed by atoms with Crippen molar-refractivity contribution in [3.05, 3.63) is 42.5 Å². The summed E-state index contributed by atoms with van der Waals surface area (Å²) in [7, 11) is 1.68. The molecule has 1 N–H and O–H groups in total. The Morgan fingerprint density at radius 1 is 1.11 bits per heavy atom. The highest BCUT2D eigenvalue weighted by Gasteiger charge is 2.10. The third-order valence-corrected chi connectivity index (χ3v) is 3.25. The largest absolute Gasteiger partial charge is 0.497 e. The summed E-state index contributed by atoms with van der Waals surface area (Å²) in [6, 6.07) is 14.1. The molecule has 4 heteroatoms. The zero-order valence-electron chi connectivity index (χ0n) is 9.84. The molecule has 0 atom stereocenters. The lowest BCUT2D eigenvalue weighted by atomic mass is 10.3. The van der Waals surface area contributed by atoms with E-state index in [1.54, 1.807) is 7.11 Å². The molecule has 0 aliphatic rings. The maximum Gasteiger partial charge on any atom is 0.213 e. The van der Waals surface area contributed by atoms with E-state index in [0.29, 0.717) is 0 Å². The minimum Gasteiger partial charge on any atom is -0.497 e. The smallest absolute Gasteiger partial charge is 0.213 e. The Balaban J connectivity index is 2.24. The lowest BCUT2D eigenvalue weighted by molar-refractivity contribution is 0.415. The van der Waals surface area contributed by atoms with Crippen LogP contribution in [-0.2, 0) is 0 Å². The van der Waals surface area contributed by atoms with Crippen molar-refractivity contribution in [2.24, 2.45) is 0 Å². The topological polar surface area (TPSA) is 42.3 Å². The molecule has 4 nitrogen and oxygen atoms in total. The number of para-hydroxylation sites is 2. The summed E-state index contributed by atoms with van der Waals surface area (Å²) in [5, 5.41) is 0. The molecule has 0 aliphatic carbocycles. The van der Waals surface area contributed by atoms with Crippen LogP contribution in [0.15, 0.2) is 42.5 Å². The third-order valence-electron chi connectivity index (χ3n) is 3.25. The van der Waals surface area contributed by atoms with Crippen molar-refractivity contribution in [1.29, 1.82) is 0 Å². The van der Waals surface area contributed by atoms with Crippen molar-refractivity contribution < 1.29 is 4.74 Å². The molecule has 0 amide bonds. The first kappa shape index (κ1) is 9.53. The summed E-state index contributed by atoms with van der Waals surface area (Å²) in [4.78, 5) is 7.90. The van der Waals surface area contributed by atoms with Crippen LogP contribution in [-0.4, -0.2) is 21.5 Å². The van der Waals surface area contributed by atoms with E-state index in [-0.39, 0.29) is 0 Å². The van der Waals surface area contributed by atoms with Gasteiger partial charge in [-0.15, -0.1) is 0 Å². The molecule has 0 unspecified atom stereocenters. The van der Waals surface area contributed by atoms with Crippen molar-refractivity contribution in [2.45, 2.75) is 0 Å². The van der Waals surface area contributed by atoms with Crippen molar-refractivity contribution in [3.8, 4) is 5.75 Å². The molecule has 0 bridgehead atoms. The molecule has 0 saturated carbocycles. The Morgan fingerprint density at radius 2 is 2.00 bits per heavy atom. The molecule has 0 saturated heterocycles. The zero-order valence-corrected chi connectivity index (χ0v) is 9.84. The Hall–Kier alpha value is -2.49. The van der Waals surface area contributed by atoms with Crippen LogP contribution in [0.25, 0.3) is 27.8 Å². The summed E-state index contributed by atoms with van der Waals surface area (Å²) in [6.45, 7) is 0. The number of aromatic nitrogens is 3. The van der Waals surface area contributed by atoms with E-state index < -0.39 is 0 Å². The van der Waals surface area contributed by atoms with E-state index in [1.165, 1.54) is 0 Å². The Kier molecular flexibility index (Phi) is 1.73. The number of nitrogens with one attached hydrogen (secondary N) is 1. The normalized spacial score (nSPS) is 11.6. The van der Waals surface area contributed by atoms with Crippen LogP contribution in [0.4, 0.5) is 0 Å².